The van der Waals surface area contributed by atoms with Gasteiger partial charge in [-0.25, -0.2) is 9.97 Å². The normalized spacial score (nSPS) is 12.3. The summed E-state index contributed by atoms with van der Waals surface area (Å²) in [4.78, 5) is 11.3. The fourth-order valence-corrected chi connectivity index (χ4v) is 10.8. The lowest BCUT2D eigenvalue weighted by Crippen LogP contribution is -2.04. The van der Waals surface area contributed by atoms with E-state index in [1.165, 1.54) is 79.4 Å². The first-order valence-corrected chi connectivity index (χ1v) is 19.9. The zero-order valence-electron chi connectivity index (χ0n) is 30.0. The molecule has 0 aliphatic carbocycles. The molecule has 0 N–H and O–H groups in total. The Morgan fingerprint density at radius 1 is 0.357 bits per heavy atom. The van der Waals surface area contributed by atoms with Gasteiger partial charge in [0.05, 0.1) is 22.2 Å². The molecular weight excluding hydrogens is 699 g/mol. The maximum absolute atomic E-state index is 5.76. The van der Waals surface area contributed by atoms with Gasteiger partial charge < -0.3 is 0 Å². The molecule has 4 heteroatoms. The minimum Gasteiger partial charge on any atom is -0.277 e. The van der Waals surface area contributed by atoms with Gasteiger partial charge in [-0.05, 0) is 67.4 Å². The summed E-state index contributed by atoms with van der Waals surface area (Å²) in [6, 6.07) is 64.1. The van der Waals surface area contributed by atoms with Crippen LogP contribution in [-0.4, -0.2) is 14.5 Å². The lowest BCUT2D eigenvalue weighted by atomic mass is 9.91. The van der Waals surface area contributed by atoms with E-state index in [0.717, 1.165) is 38.6 Å². The monoisotopic (exact) mass is 727 g/mol. The number of aromatic nitrogens is 3. The molecule has 0 radical (unpaired) electrons. The molecule has 13 rings (SSSR count). The highest BCUT2D eigenvalue weighted by Gasteiger charge is 2.24. The van der Waals surface area contributed by atoms with Crippen molar-refractivity contribution in [3.63, 3.8) is 0 Å². The van der Waals surface area contributed by atoms with Crippen LogP contribution >= 0.6 is 11.3 Å². The maximum Gasteiger partial charge on any atom is 0.235 e. The van der Waals surface area contributed by atoms with Crippen LogP contribution < -0.4 is 0 Å². The van der Waals surface area contributed by atoms with Crippen molar-refractivity contribution < 1.29 is 0 Å². The Morgan fingerprint density at radius 2 is 0.946 bits per heavy atom. The predicted molar refractivity (Wildman–Crippen MR) is 240 cm³/mol. The number of thiophene rings is 1. The van der Waals surface area contributed by atoms with Crippen LogP contribution in [0.25, 0.3) is 124 Å². The largest absolute Gasteiger partial charge is 0.277 e. The summed E-state index contributed by atoms with van der Waals surface area (Å²) in [7, 11) is 0. The summed E-state index contributed by atoms with van der Waals surface area (Å²) in [5, 5.41) is 18.2. The third kappa shape index (κ3) is 4.01. The molecule has 0 saturated carbocycles. The SMILES string of the molecule is c1ccc2c(c1)ccc1nc(-n3c4ccc5c6ccccc6c6ccccc6c5c4c4ccc5ccccc5c43)nc(-c3cccc4sc5ccccc5c34)c12. The van der Waals surface area contributed by atoms with E-state index in [9.17, 15) is 0 Å². The van der Waals surface area contributed by atoms with Gasteiger partial charge in [-0.3, -0.25) is 4.57 Å². The number of fused-ring (bicyclic) bond motifs is 18. The van der Waals surface area contributed by atoms with Crippen molar-refractivity contribution >= 4 is 118 Å². The molecule has 10 aromatic carbocycles. The Balaban J connectivity index is 1.25. The minimum atomic E-state index is 0.667. The molecular formula is C52H29N3S. The van der Waals surface area contributed by atoms with E-state index in [-0.39, 0.29) is 0 Å². The van der Waals surface area contributed by atoms with Crippen LogP contribution in [0, 0.1) is 0 Å². The van der Waals surface area contributed by atoms with Crippen LogP contribution in [-0.2, 0) is 0 Å². The van der Waals surface area contributed by atoms with Crippen molar-refractivity contribution in [3.05, 3.63) is 176 Å². The van der Waals surface area contributed by atoms with E-state index >= 15 is 0 Å². The van der Waals surface area contributed by atoms with Crippen LogP contribution in [0.4, 0.5) is 0 Å². The Labute approximate surface area is 324 Å². The molecule has 0 bridgehead atoms. The highest BCUT2D eigenvalue weighted by molar-refractivity contribution is 7.25. The van der Waals surface area contributed by atoms with Crippen molar-refractivity contribution in [2.45, 2.75) is 0 Å². The van der Waals surface area contributed by atoms with E-state index < -0.39 is 0 Å². The van der Waals surface area contributed by atoms with Gasteiger partial charge in [-0.15, -0.1) is 11.3 Å². The summed E-state index contributed by atoms with van der Waals surface area (Å²) in [5.41, 5.74) is 5.21. The van der Waals surface area contributed by atoms with Gasteiger partial charge in [-0.1, -0.05) is 152 Å². The molecule has 0 aliphatic heterocycles. The molecule has 0 unspecified atom stereocenters. The van der Waals surface area contributed by atoms with E-state index in [2.05, 4.69) is 180 Å². The molecule has 0 saturated heterocycles. The highest BCUT2D eigenvalue weighted by Crippen LogP contribution is 2.46. The second-order valence-corrected chi connectivity index (χ2v) is 15.9. The van der Waals surface area contributed by atoms with Gasteiger partial charge >= 0.3 is 0 Å². The number of benzene rings is 10. The van der Waals surface area contributed by atoms with E-state index in [1.54, 1.807) is 0 Å². The number of nitrogens with zero attached hydrogens (tertiary/aromatic N) is 3. The average molecular weight is 728 g/mol. The quantitative estimate of drug-likeness (QED) is 0.166. The summed E-state index contributed by atoms with van der Waals surface area (Å²) in [5.74, 6) is 0.667. The highest BCUT2D eigenvalue weighted by atomic mass is 32.1. The van der Waals surface area contributed by atoms with Crippen LogP contribution in [0.15, 0.2) is 176 Å². The number of hydrogen-bond acceptors (Lipinski definition) is 3. The number of rotatable bonds is 2. The third-order valence-corrected chi connectivity index (χ3v) is 13.1. The minimum absolute atomic E-state index is 0.667. The van der Waals surface area contributed by atoms with Crippen LogP contribution in [0.3, 0.4) is 0 Å². The van der Waals surface area contributed by atoms with Crippen LogP contribution in [0.5, 0.6) is 0 Å². The standard InChI is InChI=1S/C52H29N3S/c1-3-14-32-30(12-1)25-28-42-48(32)50(40-21-11-23-45-46(40)39-20-9-10-22-44(39)56-45)54-52(53-42)55-43-29-27-38-36-18-6-5-16-34(36)35-17-7-8-19-37(35)47(38)49(43)41-26-24-31-13-2-4-15-33(31)51(41)55/h1-29H. The van der Waals surface area contributed by atoms with Crippen molar-refractivity contribution in [2.75, 3.05) is 0 Å². The molecule has 0 spiro atoms. The second kappa shape index (κ2) is 11.2. The first-order chi connectivity index (χ1) is 27.8. The topological polar surface area (TPSA) is 30.7 Å². The Bertz CT molecular complexity index is 3800. The molecule has 0 amide bonds. The van der Waals surface area contributed by atoms with Crippen molar-refractivity contribution in [2.24, 2.45) is 0 Å². The lowest BCUT2D eigenvalue weighted by molar-refractivity contribution is 1.02. The molecule has 0 aliphatic rings. The van der Waals surface area contributed by atoms with E-state index in [0.29, 0.717) is 5.95 Å². The van der Waals surface area contributed by atoms with Gasteiger partial charge in [0.1, 0.15) is 0 Å². The van der Waals surface area contributed by atoms with E-state index in [1.807, 2.05) is 11.3 Å². The molecule has 258 valence electrons. The third-order valence-electron chi connectivity index (χ3n) is 12.0. The van der Waals surface area contributed by atoms with Gasteiger partial charge in [0.15, 0.2) is 0 Å². The molecule has 3 heterocycles. The predicted octanol–water partition coefficient (Wildman–Crippen LogP) is 14.5. The first-order valence-electron chi connectivity index (χ1n) is 19.1. The zero-order valence-corrected chi connectivity index (χ0v) is 30.8. The second-order valence-electron chi connectivity index (χ2n) is 14.8. The average Bonchev–Trinajstić information content (AvgIpc) is 3.82. The molecule has 0 fully saturated rings. The molecule has 3 aromatic heterocycles. The summed E-state index contributed by atoms with van der Waals surface area (Å²) < 4.78 is 4.88. The van der Waals surface area contributed by atoms with Crippen molar-refractivity contribution in [1.29, 1.82) is 0 Å². The van der Waals surface area contributed by atoms with Crippen molar-refractivity contribution in [3.8, 4) is 17.2 Å². The Kier molecular flexibility index (Phi) is 6.04. The van der Waals surface area contributed by atoms with Gasteiger partial charge in [0, 0.05) is 52.7 Å². The van der Waals surface area contributed by atoms with E-state index in [4.69, 9.17) is 9.97 Å². The Hall–Kier alpha value is -7.14. The summed E-state index contributed by atoms with van der Waals surface area (Å²) in [6.45, 7) is 0. The smallest absolute Gasteiger partial charge is 0.235 e. The molecule has 3 nitrogen and oxygen atoms in total. The molecule has 56 heavy (non-hydrogen) atoms. The fraction of sp³-hybridized carbons (Fsp3) is 0. The van der Waals surface area contributed by atoms with Crippen molar-refractivity contribution in [1.82, 2.24) is 14.5 Å². The Morgan fingerprint density at radius 3 is 1.75 bits per heavy atom. The van der Waals surface area contributed by atoms with Crippen LogP contribution in [0.1, 0.15) is 0 Å². The van der Waals surface area contributed by atoms with Gasteiger partial charge in [0.25, 0.3) is 0 Å². The summed E-state index contributed by atoms with van der Waals surface area (Å²) in [6.07, 6.45) is 0. The molecule has 0 atom stereocenters. The zero-order chi connectivity index (χ0) is 36.5. The first kappa shape index (κ1) is 30.2. The number of hydrogen-bond donors (Lipinski definition) is 0. The molecule has 13 aromatic rings. The van der Waals surface area contributed by atoms with Gasteiger partial charge in [-0.2, -0.15) is 0 Å². The van der Waals surface area contributed by atoms with Crippen LogP contribution in [0.2, 0.25) is 0 Å². The lowest BCUT2D eigenvalue weighted by Gasteiger charge is -2.15. The van der Waals surface area contributed by atoms with Gasteiger partial charge in [0.2, 0.25) is 5.95 Å². The fourth-order valence-electron chi connectivity index (χ4n) is 9.63. The maximum atomic E-state index is 5.76. The summed E-state index contributed by atoms with van der Waals surface area (Å²) >= 11 is 1.84.